The molecule has 6 heteroatoms. The molecule has 0 unspecified atom stereocenters. The van der Waals surface area contributed by atoms with Gasteiger partial charge in [-0.25, -0.2) is 4.98 Å². The highest BCUT2D eigenvalue weighted by atomic mass is 35.5. The molecule has 0 radical (unpaired) electrons. The number of carbonyl (C=O) groups is 1. The van der Waals surface area contributed by atoms with Crippen molar-refractivity contribution in [1.29, 1.82) is 0 Å². The van der Waals surface area contributed by atoms with Crippen LogP contribution in [0.5, 0.6) is 0 Å². The third kappa shape index (κ3) is 4.49. The van der Waals surface area contributed by atoms with Crippen molar-refractivity contribution in [3.63, 3.8) is 0 Å². The highest BCUT2D eigenvalue weighted by molar-refractivity contribution is 6.31. The minimum atomic E-state index is 0.0269. The number of carbonyl (C=O) groups excluding carboxylic acids is 1. The molecule has 0 spiro atoms. The second kappa shape index (κ2) is 7.69. The van der Waals surface area contributed by atoms with E-state index in [1.807, 2.05) is 41.1 Å². The van der Waals surface area contributed by atoms with E-state index >= 15 is 0 Å². The van der Waals surface area contributed by atoms with E-state index in [2.05, 4.69) is 10.3 Å². The Kier molecular flexibility index (Phi) is 5.38. The van der Waals surface area contributed by atoms with Crippen LogP contribution in [0.25, 0.3) is 5.65 Å². The smallest absolute Gasteiger partial charge is 0.220 e. The fourth-order valence-electron chi connectivity index (χ4n) is 2.48. The van der Waals surface area contributed by atoms with Gasteiger partial charge in [0.2, 0.25) is 5.91 Å². The topological polar surface area (TPSA) is 46.4 Å². The Morgan fingerprint density at radius 3 is 2.71 bits per heavy atom. The Hall–Kier alpha value is -2.04. The molecule has 3 aromatic rings. The minimum Gasteiger partial charge on any atom is -0.350 e. The molecular formula is C18H17Cl2N3O. The second-order valence-electron chi connectivity index (χ2n) is 5.60. The van der Waals surface area contributed by atoms with Crippen LogP contribution in [0.3, 0.4) is 0 Å². The fraction of sp³-hybridized carbons (Fsp3) is 0.222. The highest BCUT2D eigenvalue weighted by Gasteiger charge is 2.05. The molecule has 0 aliphatic carbocycles. The first-order chi connectivity index (χ1) is 11.6. The summed E-state index contributed by atoms with van der Waals surface area (Å²) < 4.78 is 1.88. The van der Waals surface area contributed by atoms with Crippen LogP contribution in [0, 0.1) is 0 Å². The maximum atomic E-state index is 11.9. The van der Waals surface area contributed by atoms with E-state index in [-0.39, 0.29) is 5.91 Å². The molecular weight excluding hydrogens is 345 g/mol. The maximum Gasteiger partial charge on any atom is 0.220 e. The number of benzene rings is 1. The van der Waals surface area contributed by atoms with Gasteiger partial charge in [0.05, 0.1) is 12.2 Å². The monoisotopic (exact) mass is 361 g/mol. The number of pyridine rings is 1. The molecule has 0 aliphatic rings. The standard InChI is InChI=1S/C18H17Cl2N3O/c19-14-6-4-13(5-7-14)2-1-3-18(24)21-11-16-12-23-9-8-15(20)10-17(23)22-16/h4-10,12H,1-3,11H2,(H,21,24). The van der Waals surface area contributed by atoms with E-state index < -0.39 is 0 Å². The summed E-state index contributed by atoms with van der Waals surface area (Å²) in [5.74, 6) is 0.0269. The van der Waals surface area contributed by atoms with Crippen LogP contribution in [0.15, 0.2) is 48.8 Å². The summed E-state index contributed by atoms with van der Waals surface area (Å²) in [6, 6.07) is 11.3. The number of halogens is 2. The zero-order valence-electron chi connectivity index (χ0n) is 13.0. The summed E-state index contributed by atoms with van der Waals surface area (Å²) >= 11 is 11.8. The van der Waals surface area contributed by atoms with Gasteiger partial charge in [0.1, 0.15) is 5.65 Å². The number of amides is 1. The quantitative estimate of drug-likeness (QED) is 0.712. The van der Waals surface area contributed by atoms with E-state index in [0.29, 0.717) is 18.0 Å². The SMILES string of the molecule is O=C(CCCc1ccc(Cl)cc1)NCc1cn2ccc(Cl)cc2n1. The van der Waals surface area contributed by atoms with E-state index in [1.54, 1.807) is 12.1 Å². The van der Waals surface area contributed by atoms with Crippen molar-refractivity contribution in [2.45, 2.75) is 25.8 Å². The lowest BCUT2D eigenvalue weighted by molar-refractivity contribution is -0.121. The molecule has 0 aliphatic heterocycles. The number of hydrogen-bond acceptors (Lipinski definition) is 2. The average molecular weight is 362 g/mol. The Bertz CT molecular complexity index is 843. The third-order valence-electron chi connectivity index (χ3n) is 3.72. The second-order valence-corrected chi connectivity index (χ2v) is 6.47. The number of hydrogen-bond donors (Lipinski definition) is 1. The van der Waals surface area contributed by atoms with Crippen LogP contribution in [0.1, 0.15) is 24.1 Å². The first-order valence-corrected chi connectivity index (χ1v) is 8.50. The Morgan fingerprint density at radius 2 is 1.92 bits per heavy atom. The summed E-state index contributed by atoms with van der Waals surface area (Å²) in [6.45, 7) is 0.416. The summed E-state index contributed by atoms with van der Waals surface area (Å²) in [5.41, 5.74) is 2.77. The number of imidazole rings is 1. The van der Waals surface area contributed by atoms with E-state index in [1.165, 1.54) is 5.56 Å². The Morgan fingerprint density at radius 1 is 1.12 bits per heavy atom. The van der Waals surface area contributed by atoms with Crippen LogP contribution >= 0.6 is 23.2 Å². The molecule has 2 heterocycles. The molecule has 4 nitrogen and oxygen atoms in total. The molecule has 0 fully saturated rings. The number of nitrogens with one attached hydrogen (secondary N) is 1. The van der Waals surface area contributed by atoms with Gasteiger partial charge < -0.3 is 9.72 Å². The van der Waals surface area contributed by atoms with Gasteiger partial charge in [-0.05, 0) is 42.7 Å². The van der Waals surface area contributed by atoms with Gasteiger partial charge in [-0.2, -0.15) is 0 Å². The highest BCUT2D eigenvalue weighted by Crippen LogP contribution is 2.13. The van der Waals surface area contributed by atoms with Crippen LogP contribution in [-0.2, 0) is 17.8 Å². The third-order valence-corrected chi connectivity index (χ3v) is 4.21. The molecule has 0 bridgehead atoms. The predicted octanol–water partition coefficient (Wildman–Crippen LogP) is 4.28. The van der Waals surface area contributed by atoms with Gasteiger partial charge in [-0.3, -0.25) is 4.79 Å². The molecule has 1 aromatic carbocycles. The van der Waals surface area contributed by atoms with E-state index in [0.717, 1.165) is 29.2 Å². The first-order valence-electron chi connectivity index (χ1n) is 7.74. The predicted molar refractivity (Wildman–Crippen MR) is 96.4 cm³/mol. The summed E-state index contributed by atoms with van der Waals surface area (Å²) in [7, 11) is 0. The van der Waals surface area contributed by atoms with Crippen LogP contribution in [-0.4, -0.2) is 15.3 Å². The summed E-state index contributed by atoms with van der Waals surface area (Å²) in [4.78, 5) is 16.4. The molecule has 2 aromatic heterocycles. The lowest BCUT2D eigenvalue weighted by Gasteiger charge is -2.04. The average Bonchev–Trinajstić information content (AvgIpc) is 2.97. The zero-order chi connectivity index (χ0) is 16.9. The molecule has 1 amide bonds. The molecule has 0 saturated heterocycles. The number of fused-ring (bicyclic) bond motifs is 1. The Labute approximate surface area is 150 Å². The lowest BCUT2D eigenvalue weighted by atomic mass is 10.1. The molecule has 24 heavy (non-hydrogen) atoms. The van der Waals surface area contributed by atoms with Gasteiger partial charge in [0.15, 0.2) is 0 Å². The number of nitrogens with zero attached hydrogens (tertiary/aromatic N) is 2. The van der Waals surface area contributed by atoms with Crippen molar-refractivity contribution in [3.8, 4) is 0 Å². The molecule has 3 rings (SSSR count). The zero-order valence-corrected chi connectivity index (χ0v) is 14.5. The summed E-state index contributed by atoms with van der Waals surface area (Å²) in [6.07, 6.45) is 5.88. The number of rotatable bonds is 6. The van der Waals surface area contributed by atoms with Gasteiger partial charge in [-0.1, -0.05) is 35.3 Å². The van der Waals surface area contributed by atoms with Gasteiger partial charge >= 0.3 is 0 Å². The first kappa shape index (κ1) is 16.8. The number of aryl methyl sites for hydroxylation is 1. The fourth-order valence-corrected chi connectivity index (χ4v) is 2.76. The summed E-state index contributed by atoms with van der Waals surface area (Å²) in [5, 5.41) is 4.27. The van der Waals surface area contributed by atoms with Crippen molar-refractivity contribution in [2.75, 3.05) is 0 Å². The van der Waals surface area contributed by atoms with Gasteiger partial charge in [-0.15, -0.1) is 0 Å². The largest absolute Gasteiger partial charge is 0.350 e. The normalized spacial score (nSPS) is 10.9. The number of aromatic nitrogens is 2. The molecule has 0 saturated carbocycles. The van der Waals surface area contributed by atoms with E-state index in [4.69, 9.17) is 23.2 Å². The molecule has 1 N–H and O–H groups in total. The van der Waals surface area contributed by atoms with Crippen molar-refractivity contribution in [3.05, 3.63) is 70.1 Å². The van der Waals surface area contributed by atoms with Crippen LogP contribution < -0.4 is 5.32 Å². The minimum absolute atomic E-state index is 0.0269. The van der Waals surface area contributed by atoms with Crippen LogP contribution in [0.4, 0.5) is 0 Å². The maximum absolute atomic E-state index is 11.9. The Balaban J connectivity index is 1.45. The van der Waals surface area contributed by atoms with Crippen molar-refractivity contribution < 1.29 is 4.79 Å². The van der Waals surface area contributed by atoms with Crippen molar-refractivity contribution >= 4 is 34.8 Å². The van der Waals surface area contributed by atoms with Crippen molar-refractivity contribution in [1.82, 2.24) is 14.7 Å². The van der Waals surface area contributed by atoms with Gasteiger partial charge in [0.25, 0.3) is 0 Å². The van der Waals surface area contributed by atoms with E-state index in [9.17, 15) is 4.79 Å². The van der Waals surface area contributed by atoms with Crippen LogP contribution in [0.2, 0.25) is 10.0 Å². The lowest BCUT2D eigenvalue weighted by Crippen LogP contribution is -2.22. The van der Waals surface area contributed by atoms with Crippen molar-refractivity contribution in [2.24, 2.45) is 0 Å². The molecule has 124 valence electrons. The molecule has 0 atom stereocenters. The van der Waals surface area contributed by atoms with Gasteiger partial charge in [0, 0.05) is 28.9 Å².